The van der Waals surface area contributed by atoms with Crippen LogP contribution in [0.25, 0.3) is 0 Å². The highest BCUT2D eigenvalue weighted by atomic mass is 16.3. The number of nitrogens with zero attached hydrogens (tertiary/aromatic N) is 1. The Labute approximate surface area is 67.5 Å². The summed E-state index contributed by atoms with van der Waals surface area (Å²) in [7, 11) is 0. The molecule has 2 N–H and O–H groups in total. The molecular formula is C8H16N2O. The van der Waals surface area contributed by atoms with Crippen LogP contribution in [0.3, 0.4) is 0 Å². The minimum absolute atomic E-state index is 0.136. The van der Waals surface area contributed by atoms with E-state index in [9.17, 15) is 0 Å². The third-order valence-electron chi connectivity index (χ3n) is 1.75. The molecule has 0 amide bonds. The van der Waals surface area contributed by atoms with E-state index in [1.807, 2.05) is 0 Å². The molecular weight excluding hydrogens is 140 g/mol. The number of hydrogen-bond donors (Lipinski definition) is 2. The maximum Gasteiger partial charge on any atom is 0.104 e. The summed E-state index contributed by atoms with van der Waals surface area (Å²) in [6.07, 6.45) is 1.35. The summed E-state index contributed by atoms with van der Waals surface area (Å²) >= 11 is 0. The number of β-amino-alcohol motifs (C(OH)–C–C–N with tert-alkyl or cyclic N) is 1. The predicted octanol–water partition coefficient (Wildman–Crippen LogP) is 0.394. The predicted molar refractivity (Wildman–Crippen MR) is 45.7 cm³/mol. The van der Waals surface area contributed by atoms with Crippen LogP contribution < -0.4 is 5.32 Å². The van der Waals surface area contributed by atoms with Crippen LogP contribution in [0.1, 0.15) is 20.8 Å². The van der Waals surface area contributed by atoms with E-state index in [-0.39, 0.29) is 11.6 Å². The van der Waals surface area contributed by atoms with E-state index in [0.29, 0.717) is 6.54 Å². The molecule has 64 valence electrons. The zero-order valence-corrected chi connectivity index (χ0v) is 7.33. The first kappa shape index (κ1) is 8.68. The van der Waals surface area contributed by atoms with E-state index in [0.717, 1.165) is 0 Å². The van der Waals surface area contributed by atoms with Crippen molar-refractivity contribution in [1.29, 1.82) is 0 Å². The summed E-state index contributed by atoms with van der Waals surface area (Å²) in [5, 5.41) is 12.2. The van der Waals surface area contributed by atoms with Gasteiger partial charge in [-0.1, -0.05) is 20.8 Å². The summed E-state index contributed by atoms with van der Waals surface area (Å²) < 4.78 is 0. The van der Waals surface area contributed by atoms with Gasteiger partial charge in [0.05, 0.1) is 0 Å². The minimum Gasteiger partial charge on any atom is -0.386 e. The summed E-state index contributed by atoms with van der Waals surface area (Å²) in [6.45, 7) is 6.99. The fourth-order valence-corrected chi connectivity index (χ4v) is 1.05. The van der Waals surface area contributed by atoms with Crippen molar-refractivity contribution in [2.24, 2.45) is 10.4 Å². The standard InChI is InChI=1S/C8H16N2O/c1-8(2,3)7-9-4-6(11)5-10-7/h4,6-7,10-11H,5H2,1-3H3. The number of hydrogen-bond acceptors (Lipinski definition) is 3. The van der Waals surface area contributed by atoms with Gasteiger partial charge < -0.3 is 5.11 Å². The van der Waals surface area contributed by atoms with Crippen molar-refractivity contribution in [2.75, 3.05) is 6.54 Å². The van der Waals surface area contributed by atoms with Crippen LogP contribution in [0.2, 0.25) is 0 Å². The second-order valence-corrected chi connectivity index (χ2v) is 4.04. The van der Waals surface area contributed by atoms with Crippen molar-refractivity contribution in [1.82, 2.24) is 5.32 Å². The summed E-state index contributed by atoms with van der Waals surface area (Å²) in [6, 6.07) is 0. The van der Waals surface area contributed by atoms with Crippen LogP contribution >= 0.6 is 0 Å². The van der Waals surface area contributed by atoms with E-state index in [1.54, 1.807) is 6.21 Å². The fraction of sp³-hybridized carbons (Fsp3) is 0.875. The van der Waals surface area contributed by atoms with E-state index in [4.69, 9.17) is 5.11 Å². The SMILES string of the molecule is CC(C)(C)C1N=CC(O)CN1. The van der Waals surface area contributed by atoms with E-state index in [2.05, 4.69) is 31.1 Å². The molecule has 0 aromatic rings. The van der Waals surface area contributed by atoms with E-state index < -0.39 is 6.10 Å². The zero-order valence-electron chi connectivity index (χ0n) is 7.33. The topological polar surface area (TPSA) is 44.6 Å². The monoisotopic (exact) mass is 156 g/mol. The van der Waals surface area contributed by atoms with Gasteiger partial charge in [-0.2, -0.15) is 0 Å². The lowest BCUT2D eigenvalue weighted by Gasteiger charge is -2.31. The van der Waals surface area contributed by atoms with Crippen molar-refractivity contribution >= 4 is 6.21 Å². The molecule has 1 aliphatic rings. The highest BCUT2D eigenvalue weighted by Crippen LogP contribution is 2.20. The first-order valence-corrected chi connectivity index (χ1v) is 3.95. The Morgan fingerprint density at radius 3 is 2.55 bits per heavy atom. The van der Waals surface area contributed by atoms with Gasteiger partial charge in [-0.3, -0.25) is 10.3 Å². The Bertz CT molecular complexity index is 160. The molecule has 2 atom stereocenters. The van der Waals surface area contributed by atoms with Crippen molar-refractivity contribution in [3.05, 3.63) is 0 Å². The number of aliphatic imine (C=N–C) groups is 1. The third-order valence-corrected chi connectivity index (χ3v) is 1.75. The van der Waals surface area contributed by atoms with Crippen LogP contribution in [0.15, 0.2) is 4.99 Å². The normalized spacial score (nSPS) is 32.4. The molecule has 0 saturated carbocycles. The van der Waals surface area contributed by atoms with E-state index >= 15 is 0 Å². The Hall–Kier alpha value is -0.410. The lowest BCUT2D eigenvalue weighted by Crippen LogP contribution is -2.46. The van der Waals surface area contributed by atoms with Gasteiger partial charge in [0.15, 0.2) is 0 Å². The molecule has 0 saturated heterocycles. The van der Waals surface area contributed by atoms with Gasteiger partial charge in [-0.25, -0.2) is 0 Å². The molecule has 0 fully saturated rings. The van der Waals surface area contributed by atoms with Gasteiger partial charge in [0, 0.05) is 12.8 Å². The molecule has 1 rings (SSSR count). The van der Waals surface area contributed by atoms with Crippen molar-refractivity contribution in [3.8, 4) is 0 Å². The summed E-state index contributed by atoms with van der Waals surface area (Å²) in [5.74, 6) is 0. The first-order valence-electron chi connectivity index (χ1n) is 3.95. The Morgan fingerprint density at radius 1 is 1.55 bits per heavy atom. The molecule has 3 nitrogen and oxygen atoms in total. The van der Waals surface area contributed by atoms with Crippen molar-refractivity contribution in [3.63, 3.8) is 0 Å². The van der Waals surface area contributed by atoms with Gasteiger partial charge in [-0.05, 0) is 5.41 Å². The number of nitrogens with one attached hydrogen (secondary N) is 1. The highest BCUT2D eigenvalue weighted by Gasteiger charge is 2.25. The largest absolute Gasteiger partial charge is 0.386 e. The second-order valence-electron chi connectivity index (χ2n) is 4.04. The molecule has 0 spiro atoms. The minimum atomic E-state index is -0.409. The van der Waals surface area contributed by atoms with Crippen LogP contribution in [0, 0.1) is 5.41 Å². The maximum absolute atomic E-state index is 9.08. The lowest BCUT2D eigenvalue weighted by molar-refractivity contribution is 0.192. The Balaban J connectivity index is 2.57. The average molecular weight is 156 g/mol. The zero-order chi connectivity index (χ0) is 8.48. The Kier molecular flexibility index (Phi) is 2.30. The van der Waals surface area contributed by atoms with Gasteiger partial charge >= 0.3 is 0 Å². The smallest absolute Gasteiger partial charge is 0.104 e. The lowest BCUT2D eigenvalue weighted by atomic mass is 9.92. The number of aliphatic hydroxyl groups is 1. The van der Waals surface area contributed by atoms with Crippen LogP contribution in [0.5, 0.6) is 0 Å². The molecule has 0 radical (unpaired) electrons. The molecule has 2 unspecified atom stereocenters. The fourth-order valence-electron chi connectivity index (χ4n) is 1.05. The molecule has 0 aromatic heterocycles. The van der Waals surface area contributed by atoms with Crippen molar-refractivity contribution < 1.29 is 5.11 Å². The van der Waals surface area contributed by atoms with Crippen LogP contribution in [0.4, 0.5) is 0 Å². The molecule has 3 heteroatoms. The van der Waals surface area contributed by atoms with Crippen LogP contribution in [-0.4, -0.2) is 30.1 Å². The molecule has 1 heterocycles. The molecule has 1 aliphatic heterocycles. The maximum atomic E-state index is 9.08. The van der Waals surface area contributed by atoms with Crippen molar-refractivity contribution in [2.45, 2.75) is 33.0 Å². The Morgan fingerprint density at radius 2 is 2.18 bits per heavy atom. The summed E-state index contributed by atoms with van der Waals surface area (Å²) in [4.78, 5) is 4.20. The van der Waals surface area contributed by atoms with E-state index in [1.165, 1.54) is 0 Å². The molecule has 0 aromatic carbocycles. The van der Waals surface area contributed by atoms with Crippen LogP contribution in [-0.2, 0) is 0 Å². The number of rotatable bonds is 0. The second kappa shape index (κ2) is 2.91. The average Bonchev–Trinajstić information content (AvgIpc) is 1.86. The van der Waals surface area contributed by atoms with Gasteiger partial charge in [0.25, 0.3) is 0 Å². The number of aliphatic hydroxyl groups excluding tert-OH is 1. The third kappa shape index (κ3) is 2.27. The van der Waals surface area contributed by atoms with Gasteiger partial charge in [0.1, 0.15) is 12.3 Å². The van der Waals surface area contributed by atoms with Gasteiger partial charge in [0.2, 0.25) is 0 Å². The highest BCUT2D eigenvalue weighted by molar-refractivity contribution is 5.64. The first-order chi connectivity index (χ1) is 5.00. The molecule has 0 aliphatic carbocycles. The summed E-state index contributed by atoms with van der Waals surface area (Å²) in [5.41, 5.74) is 0.136. The quantitative estimate of drug-likeness (QED) is 0.533. The van der Waals surface area contributed by atoms with Gasteiger partial charge in [-0.15, -0.1) is 0 Å². The molecule has 0 bridgehead atoms. The molecule has 11 heavy (non-hydrogen) atoms.